The lowest BCUT2D eigenvalue weighted by molar-refractivity contribution is -0.192. The third-order valence-corrected chi connectivity index (χ3v) is 6.43. The number of hydrogen-bond donors (Lipinski definition) is 3. The van der Waals surface area contributed by atoms with Gasteiger partial charge in [-0.05, 0) is 43.2 Å². The van der Waals surface area contributed by atoms with Crippen LogP contribution in [0.5, 0.6) is 0 Å². The first-order valence-corrected chi connectivity index (χ1v) is 12.1. The first kappa shape index (κ1) is 26.9. The number of halogens is 3. The van der Waals surface area contributed by atoms with E-state index >= 15 is 0 Å². The summed E-state index contributed by atoms with van der Waals surface area (Å²) in [5.74, 6) is -2.31. The number of carboxylic acid groups (broad SMARTS) is 1. The first-order valence-electron chi connectivity index (χ1n) is 12.1. The summed E-state index contributed by atoms with van der Waals surface area (Å²) in [6, 6.07) is 11.9. The van der Waals surface area contributed by atoms with Crippen molar-refractivity contribution in [2.75, 3.05) is 36.4 Å². The summed E-state index contributed by atoms with van der Waals surface area (Å²) >= 11 is 0. The van der Waals surface area contributed by atoms with Crippen LogP contribution in [0.15, 0.2) is 41.3 Å². The van der Waals surface area contributed by atoms with E-state index in [2.05, 4.69) is 37.6 Å². The van der Waals surface area contributed by atoms with Crippen LogP contribution in [0.1, 0.15) is 37.3 Å². The van der Waals surface area contributed by atoms with Crippen molar-refractivity contribution in [3.63, 3.8) is 0 Å². The summed E-state index contributed by atoms with van der Waals surface area (Å²) in [5, 5.41) is 23.8. The van der Waals surface area contributed by atoms with Crippen LogP contribution in [0.2, 0.25) is 0 Å². The van der Waals surface area contributed by atoms with Gasteiger partial charge in [0.1, 0.15) is 17.3 Å². The first-order chi connectivity index (χ1) is 18.2. The molecule has 1 aromatic carbocycles. The molecule has 3 aromatic rings. The van der Waals surface area contributed by atoms with Gasteiger partial charge in [-0.15, -0.1) is 0 Å². The Labute approximate surface area is 215 Å². The van der Waals surface area contributed by atoms with Crippen molar-refractivity contribution in [1.82, 2.24) is 19.9 Å². The van der Waals surface area contributed by atoms with Gasteiger partial charge >= 0.3 is 12.1 Å². The normalized spacial score (nSPS) is 16.0. The number of carbonyl (C=O) groups is 1. The van der Waals surface area contributed by atoms with Crippen molar-refractivity contribution in [2.45, 2.75) is 37.9 Å². The van der Waals surface area contributed by atoms with Crippen molar-refractivity contribution >= 4 is 34.3 Å². The second-order valence-electron chi connectivity index (χ2n) is 8.97. The van der Waals surface area contributed by atoms with Gasteiger partial charge in [-0.25, -0.2) is 9.78 Å². The zero-order chi connectivity index (χ0) is 27.3. The maximum atomic E-state index is 12.9. The van der Waals surface area contributed by atoms with Crippen LogP contribution in [0.25, 0.3) is 11.0 Å². The Balaban J connectivity index is 0.000000426. The van der Waals surface area contributed by atoms with E-state index in [1.165, 1.54) is 5.69 Å². The Bertz CT molecular complexity index is 1390. The Morgan fingerprint density at radius 2 is 1.79 bits per heavy atom. The Morgan fingerprint density at radius 3 is 2.37 bits per heavy atom. The lowest BCUT2D eigenvalue weighted by Gasteiger charge is -2.29. The van der Waals surface area contributed by atoms with Crippen LogP contribution in [0.3, 0.4) is 0 Å². The van der Waals surface area contributed by atoms with Gasteiger partial charge in [-0.3, -0.25) is 9.36 Å². The van der Waals surface area contributed by atoms with E-state index in [-0.39, 0.29) is 17.2 Å². The third kappa shape index (κ3) is 6.20. The van der Waals surface area contributed by atoms with E-state index in [0.717, 1.165) is 57.5 Å². The molecule has 1 aliphatic carbocycles. The van der Waals surface area contributed by atoms with Crippen LogP contribution in [-0.4, -0.2) is 58.0 Å². The molecule has 1 saturated heterocycles. The molecule has 3 heterocycles. The number of alkyl halides is 3. The van der Waals surface area contributed by atoms with E-state index in [4.69, 9.17) is 9.90 Å². The van der Waals surface area contributed by atoms with Crippen LogP contribution < -0.4 is 21.1 Å². The van der Waals surface area contributed by atoms with Crippen LogP contribution >= 0.6 is 0 Å². The SMILES string of the molecule is N#Cc1cc2cnc(Nc3ccc(N4CCNCC4)cc3)nc2n(C2CCCC2)c1=O.O=C(O)C(F)(F)F. The van der Waals surface area contributed by atoms with Crippen LogP contribution in [-0.2, 0) is 4.79 Å². The zero-order valence-electron chi connectivity index (χ0n) is 20.3. The average Bonchev–Trinajstić information content (AvgIpc) is 3.43. The van der Waals surface area contributed by atoms with Crippen LogP contribution in [0, 0.1) is 11.3 Å². The number of benzene rings is 1. The minimum absolute atomic E-state index is 0.0874. The molecule has 0 amide bonds. The second kappa shape index (κ2) is 11.5. The van der Waals surface area contributed by atoms with E-state index in [1.54, 1.807) is 16.8 Å². The summed E-state index contributed by atoms with van der Waals surface area (Å²) < 4.78 is 33.4. The van der Waals surface area contributed by atoms with Gasteiger partial charge in [-0.1, -0.05) is 12.8 Å². The molecule has 1 aliphatic heterocycles. The quantitative estimate of drug-likeness (QED) is 0.463. The van der Waals surface area contributed by atoms with Crippen molar-refractivity contribution in [3.8, 4) is 6.07 Å². The maximum absolute atomic E-state index is 12.9. The van der Waals surface area contributed by atoms with Crippen molar-refractivity contribution < 1.29 is 23.1 Å². The number of anilines is 3. The number of fused-ring (bicyclic) bond motifs is 1. The number of hydrogen-bond acceptors (Lipinski definition) is 8. The number of rotatable bonds is 4. The van der Waals surface area contributed by atoms with Gasteiger partial charge in [0.15, 0.2) is 0 Å². The van der Waals surface area contributed by atoms with Crippen molar-refractivity contribution in [3.05, 3.63) is 52.4 Å². The Hall–Kier alpha value is -4.18. The minimum atomic E-state index is -5.08. The predicted octanol–water partition coefficient (Wildman–Crippen LogP) is 3.56. The topological polar surface area (TPSA) is 136 Å². The Kier molecular flexibility index (Phi) is 8.11. The highest BCUT2D eigenvalue weighted by atomic mass is 19.4. The average molecular weight is 530 g/mol. The second-order valence-corrected chi connectivity index (χ2v) is 8.97. The number of carboxylic acids is 1. The van der Waals surface area contributed by atoms with E-state index in [9.17, 15) is 23.2 Å². The summed E-state index contributed by atoms with van der Waals surface area (Å²) in [6.07, 6.45) is 0.649. The molecule has 0 bridgehead atoms. The summed E-state index contributed by atoms with van der Waals surface area (Å²) in [7, 11) is 0. The number of aromatic nitrogens is 3. The number of pyridine rings is 1. The fourth-order valence-electron chi connectivity index (χ4n) is 4.57. The van der Waals surface area contributed by atoms with Crippen LogP contribution in [0.4, 0.5) is 30.5 Å². The molecule has 2 aromatic heterocycles. The Morgan fingerprint density at radius 1 is 1.16 bits per heavy atom. The largest absolute Gasteiger partial charge is 0.490 e. The molecular weight excluding hydrogens is 503 g/mol. The molecule has 1 saturated carbocycles. The van der Waals surface area contributed by atoms with E-state index < -0.39 is 12.1 Å². The minimum Gasteiger partial charge on any atom is -0.475 e. The highest BCUT2D eigenvalue weighted by Gasteiger charge is 2.38. The number of piperazine rings is 1. The van der Waals surface area contributed by atoms with Gasteiger partial charge in [0.05, 0.1) is 0 Å². The van der Waals surface area contributed by atoms with Gasteiger partial charge in [0.2, 0.25) is 5.95 Å². The van der Waals surface area contributed by atoms with E-state index in [0.29, 0.717) is 17.0 Å². The molecule has 0 spiro atoms. The number of nitrogens with zero attached hydrogens (tertiary/aromatic N) is 5. The molecule has 5 rings (SSSR count). The predicted molar refractivity (Wildman–Crippen MR) is 135 cm³/mol. The van der Waals surface area contributed by atoms with Crippen molar-refractivity contribution in [2.24, 2.45) is 0 Å². The lowest BCUT2D eigenvalue weighted by Crippen LogP contribution is -2.43. The smallest absolute Gasteiger partial charge is 0.475 e. The number of aliphatic carboxylic acids is 1. The monoisotopic (exact) mass is 529 g/mol. The lowest BCUT2D eigenvalue weighted by atomic mass is 10.2. The standard InChI is InChI=1S/C23H25N7O.C2HF3O2/c24-14-16-13-17-15-26-23(28-21(17)30(22(16)31)20-3-1-2-4-20)27-18-5-7-19(8-6-18)29-11-9-25-10-12-29;3-2(4,5)1(6)7/h5-8,13,15,20,25H,1-4,9-12H2,(H,26,27,28);(H,6,7). The molecular formula is C25H26F3N7O3. The molecule has 3 N–H and O–H groups in total. The molecule has 0 radical (unpaired) electrons. The molecule has 0 atom stereocenters. The molecule has 10 nitrogen and oxygen atoms in total. The fourth-order valence-corrected chi connectivity index (χ4v) is 4.57. The number of nitrogens with one attached hydrogen (secondary N) is 2. The molecule has 2 fully saturated rings. The molecule has 38 heavy (non-hydrogen) atoms. The fraction of sp³-hybridized carbons (Fsp3) is 0.400. The molecule has 200 valence electrons. The van der Waals surface area contributed by atoms with E-state index in [1.807, 2.05) is 18.2 Å². The third-order valence-electron chi connectivity index (χ3n) is 6.43. The molecule has 13 heteroatoms. The number of nitriles is 1. The van der Waals surface area contributed by atoms with Crippen molar-refractivity contribution in [1.29, 1.82) is 5.26 Å². The van der Waals surface area contributed by atoms with Gasteiger partial charge in [0, 0.05) is 55.2 Å². The molecule has 0 unspecified atom stereocenters. The highest BCUT2D eigenvalue weighted by molar-refractivity contribution is 5.77. The van der Waals surface area contributed by atoms with Gasteiger partial charge in [0.25, 0.3) is 5.56 Å². The van der Waals surface area contributed by atoms with Gasteiger partial charge in [-0.2, -0.15) is 23.4 Å². The molecule has 2 aliphatic rings. The zero-order valence-corrected chi connectivity index (χ0v) is 20.3. The summed E-state index contributed by atoms with van der Waals surface area (Å²) in [5.41, 5.74) is 2.57. The summed E-state index contributed by atoms with van der Waals surface area (Å²) in [6.45, 7) is 4.01. The highest BCUT2D eigenvalue weighted by Crippen LogP contribution is 2.31. The summed E-state index contributed by atoms with van der Waals surface area (Å²) in [4.78, 5) is 33.3. The van der Waals surface area contributed by atoms with Gasteiger partial charge < -0.3 is 20.6 Å². The maximum Gasteiger partial charge on any atom is 0.490 e.